The van der Waals surface area contributed by atoms with Crippen molar-refractivity contribution in [2.45, 2.75) is 25.9 Å². The molecule has 3 rings (SSSR count). The number of ether oxygens (including phenoxy) is 3. The lowest BCUT2D eigenvalue weighted by atomic mass is 10.3. The van der Waals surface area contributed by atoms with E-state index in [-0.39, 0.29) is 12.1 Å². The van der Waals surface area contributed by atoms with Crippen molar-refractivity contribution in [1.82, 2.24) is 24.8 Å². The number of morpholine rings is 2. The van der Waals surface area contributed by atoms with Crippen LogP contribution in [-0.4, -0.2) is 123 Å². The fourth-order valence-electron chi connectivity index (χ4n) is 3.72. The average molecular weight is 439 g/mol. The minimum absolute atomic E-state index is 0.200. The zero-order chi connectivity index (χ0) is 21.9. The number of hydrogen-bond donors (Lipinski definition) is 3. The molecule has 0 aliphatic carbocycles. The number of aromatic nitrogens is 3. The maximum absolute atomic E-state index is 5.44. The molecule has 2 aliphatic heterocycles. The maximum atomic E-state index is 5.44. The fraction of sp³-hybridized carbons (Fsp3) is 0.850. The Bertz CT molecular complexity index is 595. The molecule has 1 aromatic rings. The summed E-state index contributed by atoms with van der Waals surface area (Å²) >= 11 is 0. The van der Waals surface area contributed by atoms with E-state index in [1.165, 1.54) is 0 Å². The van der Waals surface area contributed by atoms with Crippen LogP contribution in [-0.2, 0) is 14.2 Å². The van der Waals surface area contributed by atoms with Crippen LogP contribution in [0.5, 0.6) is 0 Å². The zero-order valence-electron chi connectivity index (χ0n) is 19.1. The number of hydrogen-bond acceptors (Lipinski definition) is 11. The summed E-state index contributed by atoms with van der Waals surface area (Å²) in [5.41, 5.74) is 0. The Kier molecular flexibility index (Phi) is 9.94. The molecule has 0 saturated carbocycles. The van der Waals surface area contributed by atoms with Gasteiger partial charge in [0.25, 0.3) is 0 Å². The molecule has 0 unspecified atom stereocenters. The van der Waals surface area contributed by atoms with E-state index < -0.39 is 0 Å². The van der Waals surface area contributed by atoms with Gasteiger partial charge in [0, 0.05) is 65.0 Å². The molecule has 0 bridgehead atoms. The molecule has 0 amide bonds. The summed E-state index contributed by atoms with van der Waals surface area (Å²) in [6, 6.07) is 0.400. The van der Waals surface area contributed by atoms with Gasteiger partial charge in [-0.1, -0.05) is 0 Å². The summed E-state index contributed by atoms with van der Waals surface area (Å²) in [7, 11) is 1.68. The molecule has 31 heavy (non-hydrogen) atoms. The van der Waals surface area contributed by atoms with Crippen LogP contribution in [0.3, 0.4) is 0 Å². The van der Waals surface area contributed by atoms with Gasteiger partial charge >= 0.3 is 0 Å². The monoisotopic (exact) mass is 438 g/mol. The normalized spacial score (nSPS) is 20.2. The molecule has 2 saturated heterocycles. The highest BCUT2D eigenvalue weighted by molar-refractivity contribution is 5.43. The summed E-state index contributed by atoms with van der Waals surface area (Å²) in [4.78, 5) is 18.5. The van der Waals surface area contributed by atoms with Crippen molar-refractivity contribution in [3.63, 3.8) is 0 Å². The number of rotatable bonds is 12. The molecular weight excluding hydrogens is 400 g/mol. The molecule has 2 atom stereocenters. The largest absolute Gasteiger partial charge is 0.383 e. The Morgan fingerprint density at radius 2 is 1.26 bits per heavy atom. The summed E-state index contributed by atoms with van der Waals surface area (Å²) in [5.74, 6) is 1.67. The van der Waals surface area contributed by atoms with Crippen molar-refractivity contribution in [3.05, 3.63) is 0 Å². The van der Waals surface area contributed by atoms with Gasteiger partial charge in [-0.25, -0.2) is 0 Å². The Morgan fingerprint density at radius 1 is 0.806 bits per heavy atom. The SMILES string of the molecule is COCCNc1nc(N[C@@H](C)CN2CCOCC2)nc(N[C@@H](C)CN2CCOCC2)n1. The first-order chi connectivity index (χ1) is 15.1. The van der Waals surface area contributed by atoms with Gasteiger partial charge in [-0.3, -0.25) is 9.80 Å². The molecule has 11 heteroatoms. The second-order valence-corrected chi connectivity index (χ2v) is 8.14. The quantitative estimate of drug-likeness (QED) is 0.389. The lowest BCUT2D eigenvalue weighted by Crippen LogP contribution is -2.42. The van der Waals surface area contributed by atoms with E-state index in [1.807, 2.05) is 0 Å². The van der Waals surface area contributed by atoms with E-state index in [2.05, 4.69) is 54.5 Å². The van der Waals surface area contributed by atoms with E-state index in [0.29, 0.717) is 31.0 Å². The van der Waals surface area contributed by atoms with Crippen LogP contribution in [0.25, 0.3) is 0 Å². The predicted molar refractivity (Wildman–Crippen MR) is 121 cm³/mol. The smallest absolute Gasteiger partial charge is 0.229 e. The number of nitrogens with zero attached hydrogens (tertiary/aromatic N) is 5. The van der Waals surface area contributed by atoms with E-state index in [9.17, 15) is 0 Å². The third kappa shape index (κ3) is 8.69. The molecule has 0 spiro atoms. The first-order valence-corrected chi connectivity index (χ1v) is 11.2. The van der Waals surface area contributed by atoms with Crippen LogP contribution in [0.1, 0.15) is 13.8 Å². The molecular formula is C20H38N8O3. The lowest BCUT2D eigenvalue weighted by Gasteiger charge is -2.30. The first-order valence-electron chi connectivity index (χ1n) is 11.2. The number of nitrogens with one attached hydrogen (secondary N) is 3. The summed E-state index contributed by atoms with van der Waals surface area (Å²) in [5, 5.41) is 10.1. The number of anilines is 3. The Labute approximate surface area is 185 Å². The third-order valence-electron chi connectivity index (χ3n) is 5.25. The minimum Gasteiger partial charge on any atom is -0.383 e. The highest BCUT2D eigenvalue weighted by Gasteiger charge is 2.17. The minimum atomic E-state index is 0.200. The fourth-order valence-corrected chi connectivity index (χ4v) is 3.72. The highest BCUT2D eigenvalue weighted by atomic mass is 16.5. The molecule has 2 fully saturated rings. The summed E-state index contributed by atoms with van der Waals surface area (Å²) < 4.78 is 16.0. The van der Waals surface area contributed by atoms with Crippen LogP contribution in [0.2, 0.25) is 0 Å². The van der Waals surface area contributed by atoms with Crippen molar-refractivity contribution in [1.29, 1.82) is 0 Å². The average Bonchev–Trinajstić information content (AvgIpc) is 2.75. The van der Waals surface area contributed by atoms with Crippen molar-refractivity contribution in [3.8, 4) is 0 Å². The highest BCUT2D eigenvalue weighted by Crippen LogP contribution is 2.13. The Hall–Kier alpha value is -1.79. The van der Waals surface area contributed by atoms with Crippen LogP contribution < -0.4 is 16.0 Å². The van der Waals surface area contributed by atoms with Gasteiger partial charge in [0.2, 0.25) is 17.8 Å². The Balaban J connectivity index is 1.60. The third-order valence-corrected chi connectivity index (χ3v) is 5.25. The molecule has 0 aromatic carbocycles. The van der Waals surface area contributed by atoms with Crippen molar-refractivity contribution in [2.24, 2.45) is 0 Å². The second-order valence-electron chi connectivity index (χ2n) is 8.14. The van der Waals surface area contributed by atoms with Crippen LogP contribution in [0, 0.1) is 0 Å². The van der Waals surface area contributed by atoms with Gasteiger partial charge < -0.3 is 30.2 Å². The molecule has 2 aliphatic rings. The van der Waals surface area contributed by atoms with Crippen LogP contribution >= 0.6 is 0 Å². The summed E-state index contributed by atoms with van der Waals surface area (Å²) in [6.07, 6.45) is 0. The lowest BCUT2D eigenvalue weighted by molar-refractivity contribution is 0.0367. The van der Waals surface area contributed by atoms with Crippen LogP contribution in [0.15, 0.2) is 0 Å². The van der Waals surface area contributed by atoms with Gasteiger partial charge in [-0.15, -0.1) is 0 Å². The van der Waals surface area contributed by atoms with E-state index >= 15 is 0 Å². The van der Waals surface area contributed by atoms with Gasteiger partial charge in [0.1, 0.15) is 0 Å². The van der Waals surface area contributed by atoms with Gasteiger partial charge in [-0.05, 0) is 13.8 Å². The van der Waals surface area contributed by atoms with Crippen molar-refractivity contribution < 1.29 is 14.2 Å². The molecule has 11 nitrogen and oxygen atoms in total. The Morgan fingerprint density at radius 3 is 1.71 bits per heavy atom. The van der Waals surface area contributed by atoms with Gasteiger partial charge in [-0.2, -0.15) is 15.0 Å². The topological polar surface area (TPSA) is 109 Å². The standard InChI is InChI=1S/C20H38N8O3/c1-16(14-27-5-10-30-11-6-27)22-19-24-18(21-4-9-29-3)25-20(26-19)23-17(2)15-28-7-12-31-13-8-28/h16-17H,4-15H2,1-3H3,(H3,21,22,23,24,25,26)/t16-,17-/m0/s1. The van der Waals surface area contributed by atoms with Gasteiger partial charge in [0.15, 0.2) is 0 Å². The molecule has 176 valence electrons. The first kappa shape index (κ1) is 23.9. The van der Waals surface area contributed by atoms with E-state index in [4.69, 9.17) is 14.2 Å². The summed E-state index contributed by atoms with van der Waals surface area (Å²) in [6.45, 7) is 14.3. The second kappa shape index (κ2) is 12.9. The maximum Gasteiger partial charge on any atom is 0.229 e. The molecule has 3 heterocycles. The van der Waals surface area contributed by atoms with E-state index in [1.54, 1.807) is 7.11 Å². The number of methoxy groups -OCH3 is 1. The van der Waals surface area contributed by atoms with Crippen molar-refractivity contribution in [2.75, 3.05) is 102 Å². The van der Waals surface area contributed by atoms with Crippen LogP contribution in [0.4, 0.5) is 17.8 Å². The molecule has 0 radical (unpaired) electrons. The predicted octanol–water partition coefficient (Wildman–Crippen LogP) is 0.195. The molecule has 3 N–H and O–H groups in total. The van der Waals surface area contributed by atoms with Gasteiger partial charge in [0.05, 0.1) is 33.0 Å². The van der Waals surface area contributed by atoms with E-state index in [0.717, 1.165) is 65.7 Å². The molecule has 1 aromatic heterocycles. The zero-order valence-corrected chi connectivity index (χ0v) is 19.1. The van der Waals surface area contributed by atoms with Crippen molar-refractivity contribution >= 4 is 17.8 Å².